The van der Waals surface area contributed by atoms with Gasteiger partial charge < -0.3 is 4.74 Å². The summed E-state index contributed by atoms with van der Waals surface area (Å²) in [6.07, 6.45) is -2.37. The van der Waals surface area contributed by atoms with E-state index in [-0.39, 0.29) is 11.1 Å². The van der Waals surface area contributed by atoms with E-state index >= 15 is 0 Å². The molecule has 1 aromatic carbocycles. The van der Waals surface area contributed by atoms with Crippen LogP contribution in [0.3, 0.4) is 0 Å². The number of alkyl halides is 3. The molecule has 6 nitrogen and oxygen atoms in total. The number of hydrogen-bond acceptors (Lipinski definition) is 5. The van der Waals surface area contributed by atoms with Gasteiger partial charge in [-0.05, 0) is 12.1 Å². The van der Waals surface area contributed by atoms with Crippen molar-refractivity contribution in [3.63, 3.8) is 0 Å². The molecule has 0 aliphatic carbocycles. The number of halogens is 3. The molecule has 0 aliphatic rings. The van der Waals surface area contributed by atoms with Crippen molar-refractivity contribution in [3.8, 4) is 16.9 Å². The summed E-state index contributed by atoms with van der Waals surface area (Å²) in [4.78, 5) is 4.74. The number of hydrogen-bond donors (Lipinski definition) is 1. The monoisotopic (exact) mass is 345 g/mol. The van der Waals surface area contributed by atoms with E-state index in [1.54, 1.807) is 4.83 Å². The molecule has 23 heavy (non-hydrogen) atoms. The highest BCUT2D eigenvalue weighted by atomic mass is 32.2. The maximum Gasteiger partial charge on any atom is 0.573 e. The van der Waals surface area contributed by atoms with Crippen LogP contribution in [0.15, 0.2) is 52.7 Å². The lowest BCUT2D eigenvalue weighted by atomic mass is 10.1. The Morgan fingerprint density at radius 3 is 2.52 bits per heavy atom. The van der Waals surface area contributed by atoms with Gasteiger partial charge in [-0.2, -0.15) is 13.5 Å². The lowest BCUT2D eigenvalue weighted by Crippen LogP contribution is -2.23. The predicted molar refractivity (Wildman–Crippen MR) is 76.2 cm³/mol. The molecule has 0 saturated carbocycles. The van der Waals surface area contributed by atoms with Crippen molar-refractivity contribution in [2.45, 2.75) is 11.3 Å². The second-order valence-corrected chi connectivity index (χ2v) is 5.80. The third-order valence-electron chi connectivity index (χ3n) is 2.64. The number of nitrogens with one attached hydrogen (secondary N) is 1. The molecule has 0 amide bonds. The molecule has 0 radical (unpaired) electrons. The van der Waals surface area contributed by atoms with Crippen LogP contribution in [0.2, 0.25) is 0 Å². The minimum Gasteiger partial charge on any atom is -0.404 e. The maximum absolute atomic E-state index is 12.7. The number of ether oxygens (including phenoxy) is 1. The van der Waals surface area contributed by atoms with Crippen molar-refractivity contribution in [3.05, 3.63) is 42.7 Å². The fourth-order valence-electron chi connectivity index (χ4n) is 1.83. The van der Waals surface area contributed by atoms with Gasteiger partial charge >= 0.3 is 6.36 Å². The summed E-state index contributed by atoms with van der Waals surface area (Å²) in [5.74, 6) is -0.871. The zero-order chi connectivity index (χ0) is 17.1. The molecule has 0 unspecified atom stereocenters. The van der Waals surface area contributed by atoms with Crippen molar-refractivity contribution in [2.24, 2.45) is 5.10 Å². The van der Waals surface area contributed by atoms with Gasteiger partial charge in [0.25, 0.3) is 10.0 Å². The lowest BCUT2D eigenvalue weighted by molar-refractivity contribution is -0.275. The molecule has 0 spiro atoms. The Labute approximate surface area is 129 Å². The number of aromatic nitrogens is 1. The lowest BCUT2D eigenvalue weighted by Gasteiger charge is -2.17. The highest BCUT2D eigenvalue weighted by molar-refractivity contribution is 7.89. The second kappa shape index (κ2) is 6.24. The fourth-order valence-corrected chi connectivity index (χ4v) is 2.75. The average molecular weight is 345 g/mol. The van der Waals surface area contributed by atoms with Gasteiger partial charge in [-0.1, -0.05) is 18.2 Å². The number of hydrazone groups is 1. The highest BCUT2D eigenvalue weighted by Crippen LogP contribution is 2.38. The minimum atomic E-state index is -5.08. The van der Waals surface area contributed by atoms with Gasteiger partial charge in [-0.3, -0.25) is 4.98 Å². The molecule has 0 aliphatic heterocycles. The molecule has 1 N–H and O–H groups in total. The first-order valence-corrected chi connectivity index (χ1v) is 7.49. The zero-order valence-electron chi connectivity index (χ0n) is 11.4. The molecule has 122 valence electrons. The Kier molecular flexibility index (Phi) is 4.55. The predicted octanol–water partition coefficient (Wildman–Crippen LogP) is 2.54. The van der Waals surface area contributed by atoms with Crippen molar-refractivity contribution < 1.29 is 26.3 Å². The number of para-hydroxylation sites is 1. The molecule has 2 aromatic rings. The quantitative estimate of drug-likeness (QED) is 0.667. The number of nitrogens with zero attached hydrogens (tertiary/aromatic N) is 2. The van der Waals surface area contributed by atoms with Crippen LogP contribution in [0, 0.1) is 0 Å². The number of sulfonamides is 1. The highest BCUT2D eigenvalue weighted by Gasteiger charge is 2.35. The van der Waals surface area contributed by atoms with Crippen molar-refractivity contribution in [1.82, 2.24) is 9.82 Å². The van der Waals surface area contributed by atoms with Crippen LogP contribution in [0.4, 0.5) is 13.2 Å². The third-order valence-corrected chi connectivity index (χ3v) is 3.91. The molecule has 1 aromatic heterocycles. The number of benzene rings is 1. The largest absolute Gasteiger partial charge is 0.573 e. The van der Waals surface area contributed by atoms with Gasteiger partial charge in [0.15, 0.2) is 5.75 Å². The Hall–Kier alpha value is -2.62. The fraction of sp³-hybridized carbons (Fsp3) is 0.0769. The Balaban J connectivity index is 2.71. The van der Waals surface area contributed by atoms with E-state index in [0.717, 1.165) is 6.07 Å². The Morgan fingerprint density at radius 1 is 1.22 bits per heavy atom. The van der Waals surface area contributed by atoms with E-state index in [2.05, 4.69) is 21.5 Å². The number of pyridine rings is 1. The molecule has 1 heterocycles. The normalized spacial score (nSPS) is 11.8. The topological polar surface area (TPSA) is 80.7 Å². The summed E-state index contributed by atoms with van der Waals surface area (Å²) in [5, 5.41) is 2.99. The van der Waals surface area contributed by atoms with E-state index in [1.165, 1.54) is 36.7 Å². The number of rotatable bonds is 5. The SMILES string of the molecule is C=NNS(=O)(=O)c1cccc(-c2cccnc2)c1OC(F)(F)F. The first-order valence-electron chi connectivity index (χ1n) is 6.01. The van der Waals surface area contributed by atoms with Crippen molar-refractivity contribution in [1.29, 1.82) is 0 Å². The Bertz CT molecular complexity index is 808. The standard InChI is InChI=1S/C13H10F3N3O3S/c1-17-19-23(20,21)11-6-2-5-10(9-4-3-7-18-8-9)12(11)22-13(14,15)16/h2-8,19H,1H2. The van der Waals surface area contributed by atoms with E-state index in [0.29, 0.717) is 0 Å². The molecule has 0 fully saturated rings. The smallest absolute Gasteiger partial charge is 0.404 e. The first kappa shape index (κ1) is 16.7. The maximum atomic E-state index is 12.7. The van der Waals surface area contributed by atoms with Crippen LogP contribution < -0.4 is 9.57 Å². The van der Waals surface area contributed by atoms with Gasteiger partial charge in [0, 0.05) is 30.2 Å². The zero-order valence-corrected chi connectivity index (χ0v) is 12.2. The summed E-state index contributed by atoms with van der Waals surface area (Å²) in [6.45, 7) is 2.94. The molecule has 0 bridgehead atoms. The van der Waals surface area contributed by atoms with E-state index in [1.807, 2.05) is 0 Å². The van der Waals surface area contributed by atoms with Crippen LogP contribution in [-0.2, 0) is 10.0 Å². The first-order chi connectivity index (χ1) is 10.7. The van der Waals surface area contributed by atoms with Gasteiger partial charge in [0.05, 0.1) is 0 Å². The summed E-state index contributed by atoms with van der Waals surface area (Å²) >= 11 is 0. The van der Waals surface area contributed by atoms with Gasteiger partial charge in [-0.15, -0.1) is 13.2 Å². The molecule has 0 saturated heterocycles. The average Bonchev–Trinajstić information content (AvgIpc) is 2.46. The van der Waals surface area contributed by atoms with Crippen LogP contribution in [0.5, 0.6) is 5.75 Å². The van der Waals surface area contributed by atoms with Crippen LogP contribution >= 0.6 is 0 Å². The summed E-state index contributed by atoms with van der Waals surface area (Å²) in [5.41, 5.74) is 0.178. The summed E-state index contributed by atoms with van der Waals surface area (Å²) in [7, 11) is -4.37. The molecule has 10 heteroatoms. The van der Waals surface area contributed by atoms with Gasteiger partial charge in [0.1, 0.15) is 4.90 Å². The summed E-state index contributed by atoms with van der Waals surface area (Å²) in [6, 6.07) is 6.51. The summed E-state index contributed by atoms with van der Waals surface area (Å²) < 4.78 is 66.1. The van der Waals surface area contributed by atoms with Crippen LogP contribution in [0.1, 0.15) is 0 Å². The molecular formula is C13H10F3N3O3S. The Morgan fingerprint density at radius 2 is 1.96 bits per heavy atom. The van der Waals surface area contributed by atoms with E-state index in [4.69, 9.17) is 0 Å². The van der Waals surface area contributed by atoms with Gasteiger partial charge in [0.2, 0.25) is 0 Å². The molecular weight excluding hydrogens is 335 g/mol. The van der Waals surface area contributed by atoms with E-state index in [9.17, 15) is 21.6 Å². The van der Waals surface area contributed by atoms with Crippen molar-refractivity contribution >= 4 is 16.7 Å². The van der Waals surface area contributed by atoms with E-state index < -0.39 is 27.0 Å². The van der Waals surface area contributed by atoms with Gasteiger partial charge in [-0.25, -0.2) is 4.83 Å². The minimum absolute atomic E-state index is 0.0811. The molecule has 2 rings (SSSR count). The van der Waals surface area contributed by atoms with Crippen molar-refractivity contribution in [2.75, 3.05) is 0 Å². The third kappa shape index (κ3) is 3.97. The second-order valence-electron chi connectivity index (χ2n) is 4.18. The van der Waals surface area contributed by atoms with Crippen LogP contribution in [-0.4, -0.2) is 26.5 Å². The molecule has 0 atom stereocenters. The van der Waals surface area contributed by atoms with Crippen LogP contribution in [0.25, 0.3) is 11.1 Å².